The third kappa shape index (κ3) is 9.20. The van der Waals surface area contributed by atoms with Gasteiger partial charge >= 0.3 is 93.1 Å². The maximum Gasteiger partial charge on any atom is 3.00 e. The van der Waals surface area contributed by atoms with Crippen molar-refractivity contribution in [3.63, 3.8) is 0 Å². The third-order valence-corrected chi connectivity index (χ3v) is 0. The van der Waals surface area contributed by atoms with Gasteiger partial charge in [0.25, 0.3) is 0 Å². The maximum atomic E-state index is 0. The summed E-state index contributed by atoms with van der Waals surface area (Å²) in [4.78, 5) is 0. The van der Waals surface area contributed by atoms with Crippen LogP contribution in [0.15, 0.2) is 0 Å². The van der Waals surface area contributed by atoms with Gasteiger partial charge in [0.2, 0.25) is 0 Å². The second kappa shape index (κ2) is 15.9. The van der Waals surface area contributed by atoms with Crippen molar-refractivity contribution in [1.82, 2.24) is 0 Å². The Hall–Kier alpha value is 3.71. The SMILES string of the molecule is [Ce+3].[K+].[S-2].[S-2]. The van der Waals surface area contributed by atoms with Crippen LogP contribution in [-0.2, 0) is 27.0 Å². The molecule has 0 saturated heterocycles. The van der Waals surface area contributed by atoms with Crippen LogP contribution < -0.4 is 51.4 Å². The smallest absolute Gasteiger partial charge is 2.00 e. The molecule has 17 valence electrons. The Morgan fingerprint density at radius 2 is 0.750 bits per heavy atom. The van der Waals surface area contributed by atoms with E-state index in [0.29, 0.717) is 0 Å². The Morgan fingerprint density at radius 3 is 0.750 bits per heavy atom. The molecule has 0 heterocycles. The Bertz CT molecular complexity index is 6.00. The fourth-order valence-corrected chi connectivity index (χ4v) is 0. The first-order valence-electron chi connectivity index (χ1n) is 0. The van der Waals surface area contributed by atoms with Crippen molar-refractivity contribution < 1.29 is 93.1 Å². The van der Waals surface area contributed by atoms with Crippen LogP contribution in [0.5, 0.6) is 0 Å². The largest absolute Gasteiger partial charge is 3.00 e. The molecule has 0 aliphatic carbocycles. The van der Waals surface area contributed by atoms with Gasteiger partial charge in [-0.05, 0) is 0 Å². The monoisotopic (exact) mass is 243 g/mol. The minimum atomic E-state index is 0. The Morgan fingerprint density at radius 1 is 0.750 bits per heavy atom. The topological polar surface area (TPSA) is 0 Å². The summed E-state index contributed by atoms with van der Waals surface area (Å²) >= 11 is 0. The van der Waals surface area contributed by atoms with E-state index in [-0.39, 0.29) is 120 Å². The van der Waals surface area contributed by atoms with Crippen molar-refractivity contribution >= 4 is 27.0 Å². The molecule has 0 rings (SSSR count). The molecule has 0 bridgehead atoms. The summed E-state index contributed by atoms with van der Waals surface area (Å²) in [5.41, 5.74) is 0. The zero-order chi connectivity index (χ0) is 0. The maximum absolute atomic E-state index is 0. The first kappa shape index (κ1) is 25.2. The van der Waals surface area contributed by atoms with E-state index in [2.05, 4.69) is 0 Å². The summed E-state index contributed by atoms with van der Waals surface area (Å²) in [5.74, 6) is 0. The molecule has 0 spiro atoms. The van der Waals surface area contributed by atoms with Gasteiger partial charge in [-0.2, -0.15) is 0 Å². The molecule has 4 heavy (non-hydrogen) atoms. The van der Waals surface area contributed by atoms with Crippen molar-refractivity contribution in [2.45, 2.75) is 0 Å². The molecule has 0 aromatic rings. The van der Waals surface area contributed by atoms with E-state index in [1.807, 2.05) is 0 Å². The van der Waals surface area contributed by atoms with Crippen LogP contribution in [-0.4, -0.2) is 0 Å². The van der Waals surface area contributed by atoms with Crippen LogP contribution in [0.2, 0.25) is 0 Å². The predicted octanol–water partition coefficient (Wildman–Crippen LogP) is -3.00. The fraction of sp³-hybridized carbons (Fsp3) is 0. The van der Waals surface area contributed by atoms with E-state index in [1.165, 1.54) is 0 Å². The number of hydrogen-bond donors (Lipinski definition) is 0. The summed E-state index contributed by atoms with van der Waals surface area (Å²) in [5, 5.41) is 0. The summed E-state index contributed by atoms with van der Waals surface area (Å²) in [6.07, 6.45) is 0. The van der Waals surface area contributed by atoms with Crippen molar-refractivity contribution in [3.05, 3.63) is 0 Å². The molecule has 0 saturated carbocycles. The quantitative estimate of drug-likeness (QED) is 0.398. The van der Waals surface area contributed by atoms with Gasteiger partial charge in [0.15, 0.2) is 0 Å². The molecule has 0 fully saturated rings. The second-order valence-electron chi connectivity index (χ2n) is 0. The first-order valence-corrected chi connectivity index (χ1v) is 0. The molecule has 0 aliphatic rings. The van der Waals surface area contributed by atoms with Gasteiger partial charge in [0.05, 0.1) is 0 Å². The van der Waals surface area contributed by atoms with Crippen LogP contribution in [0.3, 0.4) is 0 Å². The molecule has 0 amide bonds. The predicted molar refractivity (Wildman–Crippen MR) is 14.7 cm³/mol. The molecule has 0 aromatic heterocycles. The third-order valence-electron chi connectivity index (χ3n) is 0. The van der Waals surface area contributed by atoms with Crippen LogP contribution in [0.25, 0.3) is 0 Å². The number of rotatable bonds is 0. The molecule has 0 aliphatic heterocycles. The van der Waals surface area contributed by atoms with E-state index in [9.17, 15) is 0 Å². The van der Waals surface area contributed by atoms with Gasteiger partial charge in [-0.1, -0.05) is 0 Å². The van der Waals surface area contributed by atoms with E-state index < -0.39 is 0 Å². The van der Waals surface area contributed by atoms with Crippen molar-refractivity contribution in [3.8, 4) is 0 Å². The molecule has 1 radical (unpaired) electrons. The average molecular weight is 243 g/mol. The molecular formula is CeKS2. The zero-order valence-electron chi connectivity index (χ0n) is 2.32. The normalized spacial score (nSPS) is 0. The van der Waals surface area contributed by atoms with Crippen LogP contribution in [0, 0.1) is 41.7 Å². The summed E-state index contributed by atoms with van der Waals surface area (Å²) < 4.78 is 0. The molecule has 0 N–H and O–H groups in total. The van der Waals surface area contributed by atoms with E-state index >= 15 is 0 Å². The van der Waals surface area contributed by atoms with Gasteiger partial charge in [0.1, 0.15) is 0 Å². The van der Waals surface area contributed by atoms with E-state index in [4.69, 9.17) is 0 Å². The Kier molecular flexibility index (Phi) is 100. The summed E-state index contributed by atoms with van der Waals surface area (Å²) in [7, 11) is 0. The van der Waals surface area contributed by atoms with Crippen LogP contribution >= 0.6 is 0 Å². The average Bonchev–Trinajstić information content (AvgIpc) is 0. The van der Waals surface area contributed by atoms with Crippen molar-refractivity contribution in [1.29, 1.82) is 0 Å². The molecule has 0 atom stereocenters. The Balaban J connectivity index is 0. The standard InChI is InChI=1S/Ce.K.2S/q+3;+1;2*-2. The van der Waals surface area contributed by atoms with Crippen LogP contribution in [0.1, 0.15) is 0 Å². The van der Waals surface area contributed by atoms with Crippen molar-refractivity contribution in [2.75, 3.05) is 0 Å². The van der Waals surface area contributed by atoms with Crippen LogP contribution in [0.4, 0.5) is 0 Å². The summed E-state index contributed by atoms with van der Waals surface area (Å²) in [6.45, 7) is 0. The molecule has 0 aromatic carbocycles. The van der Waals surface area contributed by atoms with Gasteiger partial charge < -0.3 is 27.0 Å². The molecule has 4 heteroatoms. The minimum absolute atomic E-state index is 0. The van der Waals surface area contributed by atoms with E-state index in [0.717, 1.165) is 0 Å². The fourth-order valence-electron chi connectivity index (χ4n) is 0. The summed E-state index contributed by atoms with van der Waals surface area (Å²) in [6, 6.07) is 0. The Labute approximate surface area is 117 Å². The molecule has 0 nitrogen and oxygen atoms in total. The van der Waals surface area contributed by atoms with Gasteiger partial charge in [-0.3, -0.25) is 0 Å². The van der Waals surface area contributed by atoms with Gasteiger partial charge in [0, 0.05) is 0 Å². The molecular weight excluding hydrogens is 243 g/mol. The second-order valence-corrected chi connectivity index (χ2v) is 0. The van der Waals surface area contributed by atoms with E-state index in [1.54, 1.807) is 0 Å². The zero-order valence-corrected chi connectivity index (χ0v) is 10.2. The molecule has 0 unspecified atom stereocenters. The van der Waals surface area contributed by atoms with Gasteiger partial charge in [-0.25, -0.2) is 0 Å². The first-order chi connectivity index (χ1) is 0. The minimum Gasteiger partial charge on any atom is -2.00 e. The van der Waals surface area contributed by atoms with Gasteiger partial charge in [-0.15, -0.1) is 0 Å². The number of hydrogen-bond acceptors (Lipinski definition) is 0. The van der Waals surface area contributed by atoms with Crippen molar-refractivity contribution in [2.24, 2.45) is 0 Å².